The minimum Gasteiger partial charge on any atom is -0.429 e. The molecule has 0 aliphatic carbocycles. The van der Waals surface area contributed by atoms with Gasteiger partial charge in [0.1, 0.15) is 40.1 Å². The molecule has 0 heterocycles. The van der Waals surface area contributed by atoms with E-state index in [9.17, 15) is 44.6 Å². The van der Waals surface area contributed by atoms with Crippen molar-refractivity contribution in [3.05, 3.63) is 82.2 Å². The molecular formula is C23H13F10O2. The monoisotopic (exact) mass is 511 g/mol. The maximum Gasteiger partial charge on any atom is 0.432 e. The molecule has 3 rings (SSSR count). The van der Waals surface area contributed by atoms with Gasteiger partial charge in [0.15, 0.2) is 11.6 Å². The van der Waals surface area contributed by atoms with Gasteiger partial charge in [-0.25, -0.2) is 22.0 Å². The highest BCUT2D eigenvalue weighted by Gasteiger charge is 2.44. The smallest absolute Gasteiger partial charge is 0.429 e. The van der Waals surface area contributed by atoms with Crippen LogP contribution in [0, 0.1) is 29.1 Å². The lowest BCUT2D eigenvalue weighted by Crippen LogP contribution is -2.26. The summed E-state index contributed by atoms with van der Waals surface area (Å²) in [6.45, 7) is 1.78. The molecule has 2 nitrogen and oxygen atoms in total. The van der Waals surface area contributed by atoms with Crippen molar-refractivity contribution in [1.29, 1.82) is 0 Å². The van der Waals surface area contributed by atoms with E-state index in [2.05, 4.69) is 4.74 Å². The molecule has 0 bridgehead atoms. The second kappa shape index (κ2) is 9.31. The fourth-order valence-corrected chi connectivity index (χ4v) is 3.40. The Bertz CT molecular complexity index is 1250. The van der Waals surface area contributed by atoms with Crippen LogP contribution in [0.3, 0.4) is 0 Å². The van der Waals surface area contributed by atoms with Crippen molar-refractivity contribution in [3.63, 3.8) is 0 Å². The van der Waals surface area contributed by atoms with Crippen molar-refractivity contribution in [3.8, 4) is 22.6 Å². The molecule has 0 saturated heterocycles. The first-order valence-electron chi connectivity index (χ1n) is 9.78. The first kappa shape index (κ1) is 26.2. The summed E-state index contributed by atoms with van der Waals surface area (Å²) in [6, 6.07) is 2.57. The Morgan fingerprint density at radius 3 is 1.86 bits per heavy atom. The topological polar surface area (TPSA) is 29.1 Å². The maximum absolute atomic E-state index is 15.0. The number of benzene rings is 3. The van der Waals surface area contributed by atoms with Crippen LogP contribution in [0.4, 0.5) is 43.9 Å². The standard InChI is InChI=1S/C23H13F10O2/c1-2-3-10-4-5-12(13(24)6-10)18-17(34)9-16(27)20(21(18)28)23(32,33)35-11-7-14(25)19(15(26)8-11)22(29,30)31/h4-9H,2-3H2,1H3. The van der Waals surface area contributed by atoms with Gasteiger partial charge < -0.3 is 4.74 Å². The van der Waals surface area contributed by atoms with Gasteiger partial charge in [0.05, 0.1) is 5.56 Å². The van der Waals surface area contributed by atoms with E-state index in [0.717, 1.165) is 12.1 Å². The first-order chi connectivity index (χ1) is 16.2. The van der Waals surface area contributed by atoms with Crippen molar-refractivity contribution < 1.29 is 53.7 Å². The van der Waals surface area contributed by atoms with Crippen molar-refractivity contribution in [1.82, 2.24) is 0 Å². The van der Waals surface area contributed by atoms with Crippen LogP contribution in [0.15, 0.2) is 36.4 Å². The van der Waals surface area contributed by atoms with E-state index >= 15 is 4.39 Å². The Labute approximate surface area is 191 Å². The fourth-order valence-electron chi connectivity index (χ4n) is 3.40. The molecule has 0 amide bonds. The molecule has 3 aromatic carbocycles. The highest BCUT2D eigenvalue weighted by atomic mass is 19.4. The summed E-state index contributed by atoms with van der Waals surface area (Å²) in [7, 11) is 0. The van der Waals surface area contributed by atoms with E-state index in [1.165, 1.54) is 6.07 Å². The molecule has 0 aliphatic heterocycles. The minimum atomic E-state index is -5.51. The number of hydrogen-bond acceptors (Lipinski definition) is 1. The highest BCUT2D eigenvalue weighted by Crippen LogP contribution is 2.44. The molecule has 0 atom stereocenters. The molecule has 1 radical (unpaired) electrons. The van der Waals surface area contributed by atoms with Crippen LogP contribution < -0.4 is 4.74 Å². The lowest BCUT2D eigenvalue weighted by atomic mass is 9.97. The summed E-state index contributed by atoms with van der Waals surface area (Å²) >= 11 is 0. The SMILES string of the molecule is CCCc1ccc(-c2c([O])cc(F)c(C(F)(F)Oc3cc(F)c(C(F)(F)F)c(F)c3)c2F)c(F)c1. The molecule has 187 valence electrons. The van der Waals surface area contributed by atoms with E-state index in [1.54, 1.807) is 6.92 Å². The number of aryl methyl sites for hydroxylation is 1. The minimum absolute atomic E-state index is 0.0711. The Kier molecular flexibility index (Phi) is 6.96. The Hall–Kier alpha value is -3.44. The normalized spacial score (nSPS) is 12.2. The lowest BCUT2D eigenvalue weighted by Gasteiger charge is -2.21. The third kappa shape index (κ3) is 5.15. The molecule has 0 aliphatic rings. The van der Waals surface area contributed by atoms with Gasteiger partial charge in [-0.15, -0.1) is 0 Å². The van der Waals surface area contributed by atoms with Gasteiger partial charge in [0.2, 0.25) is 0 Å². The third-order valence-corrected chi connectivity index (χ3v) is 4.86. The number of rotatable bonds is 6. The predicted octanol–water partition coefficient (Wildman–Crippen LogP) is 8.29. The van der Waals surface area contributed by atoms with Gasteiger partial charge in [0.25, 0.3) is 0 Å². The zero-order valence-corrected chi connectivity index (χ0v) is 17.5. The van der Waals surface area contributed by atoms with Crippen LogP contribution in [0.1, 0.15) is 30.0 Å². The molecule has 3 aromatic rings. The summed E-state index contributed by atoms with van der Waals surface area (Å²) in [4.78, 5) is 0. The molecule has 0 aromatic heterocycles. The van der Waals surface area contributed by atoms with Gasteiger partial charge in [0, 0.05) is 23.8 Å². The number of ether oxygens (including phenoxy) is 1. The number of alkyl halides is 5. The van der Waals surface area contributed by atoms with Crippen LogP contribution in [0.25, 0.3) is 11.1 Å². The average molecular weight is 511 g/mol. The largest absolute Gasteiger partial charge is 0.432 e. The van der Waals surface area contributed by atoms with Crippen LogP contribution in [-0.4, -0.2) is 0 Å². The summed E-state index contributed by atoms with van der Waals surface area (Å²) in [5.41, 5.74) is -6.20. The van der Waals surface area contributed by atoms with Crippen molar-refractivity contribution >= 4 is 0 Å². The third-order valence-electron chi connectivity index (χ3n) is 4.86. The van der Waals surface area contributed by atoms with E-state index in [1.807, 2.05) is 0 Å². The fraction of sp³-hybridized carbons (Fsp3) is 0.217. The van der Waals surface area contributed by atoms with Gasteiger partial charge in [-0.3, -0.25) is 5.11 Å². The van der Waals surface area contributed by atoms with Gasteiger partial charge in [-0.05, 0) is 18.1 Å². The first-order valence-corrected chi connectivity index (χ1v) is 9.78. The Morgan fingerprint density at radius 2 is 1.34 bits per heavy atom. The average Bonchev–Trinajstić information content (AvgIpc) is 2.67. The van der Waals surface area contributed by atoms with Crippen molar-refractivity contribution in [2.24, 2.45) is 0 Å². The zero-order chi connectivity index (χ0) is 26.3. The van der Waals surface area contributed by atoms with Crippen LogP contribution in [0.2, 0.25) is 0 Å². The molecule has 12 heteroatoms. The van der Waals surface area contributed by atoms with Crippen molar-refractivity contribution in [2.75, 3.05) is 0 Å². The summed E-state index contributed by atoms with van der Waals surface area (Å²) in [5, 5.41) is 12.1. The van der Waals surface area contributed by atoms with Gasteiger partial charge in [-0.2, -0.15) is 22.0 Å². The maximum atomic E-state index is 15.0. The van der Waals surface area contributed by atoms with Crippen LogP contribution >= 0.6 is 0 Å². The molecular weight excluding hydrogens is 498 g/mol. The number of hydrogen-bond donors (Lipinski definition) is 0. The van der Waals surface area contributed by atoms with Gasteiger partial charge >= 0.3 is 12.3 Å². The molecule has 35 heavy (non-hydrogen) atoms. The van der Waals surface area contributed by atoms with Crippen LogP contribution in [-0.2, 0) is 23.8 Å². The van der Waals surface area contributed by atoms with Crippen LogP contribution in [0.5, 0.6) is 11.5 Å². The molecule has 0 N–H and O–H groups in total. The van der Waals surface area contributed by atoms with E-state index in [0.29, 0.717) is 18.4 Å². The quantitative estimate of drug-likeness (QED) is 0.306. The second-order valence-corrected chi connectivity index (χ2v) is 7.36. The Balaban J connectivity index is 2.10. The molecule has 0 unspecified atom stereocenters. The number of halogens is 10. The highest BCUT2D eigenvalue weighted by molar-refractivity contribution is 5.72. The van der Waals surface area contributed by atoms with Gasteiger partial charge in [-0.1, -0.05) is 25.5 Å². The van der Waals surface area contributed by atoms with E-state index in [-0.39, 0.29) is 18.2 Å². The summed E-state index contributed by atoms with van der Waals surface area (Å²) in [5.74, 6) is -13.2. The second-order valence-electron chi connectivity index (χ2n) is 7.36. The van der Waals surface area contributed by atoms with Crippen molar-refractivity contribution in [2.45, 2.75) is 32.1 Å². The van der Waals surface area contributed by atoms with E-state index < -0.39 is 75.1 Å². The zero-order valence-electron chi connectivity index (χ0n) is 17.5. The van der Waals surface area contributed by atoms with E-state index in [4.69, 9.17) is 0 Å². The Morgan fingerprint density at radius 1 is 0.771 bits per heavy atom. The summed E-state index contributed by atoms with van der Waals surface area (Å²) < 4.78 is 143. The lowest BCUT2D eigenvalue weighted by molar-refractivity contribution is -0.189. The molecule has 0 fully saturated rings. The molecule has 0 saturated carbocycles. The summed E-state index contributed by atoms with van der Waals surface area (Å²) in [6.07, 6.45) is -9.59. The predicted molar refractivity (Wildman–Crippen MR) is 102 cm³/mol. The molecule has 0 spiro atoms.